The van der Waals surface area contributed by atoms with Gasteiger partial charge in [-0.1, -0.05) is 36.4 Å². The minimum atomic E-state index is -0.540. The van der Waals surface area contributed by atoms with Gasteiger partial charge in [0, 0.05) is 6.92 Å². The fourth-order valence-electron chi connectivity index (χ4n) is 1.55. The van der Waals surface area contributed by atoms with Crippen LogP contribution in [0.3, 0.4) is 0 Å². The molecule has 2 aromatic carbocycles. The Labute approximate surface area is 98.7 Å². The van der Waals surface area contributed by atoms with E-state index in [0.29, 0.717) is 0 Å². The van der Waals surface area contributed by atoms with Crippen molar-refractivity contribution in [3.63, 3.8) is 0 Å². The Hall–Kier alpha value is -2.16. The first-order valence-corrected chi connectivity index (χ1v) is 5.20. The van der Waals surface area contributed by atoms with Crippen LogP contribution < -0.4 is 4.74 Å². The molecule has 0 unspecified atom stereocenters. The molecule has 2 nitrogen and oxygen atoms in total. The van der Waals surface area contributed by atoms with Gasteiger partial charge in [0.15, 0.2) is 11.6 Å². The van der Waals surface area contributed by atoms with E-state index in [1.54, 1.807) is 6.07 Å². The molecule has 0 saturated carbocycles. The Morgan fingerprint density at radius 1 is 1.06 bits per heavy atom. The molecular weight excluding hydrogens is 219 g/mol. The molecule has 17 heavy (non-hydrogen) atoms. The Balaban J connectivity index is 2.34. The number of hydrogen-bond acceptors (Lipinski definition) is 2. The number of rotatable bonds is 2. The summed E-state index contributed by atoms with van der Waals surface area (Å²) in [5.74, 6) is -1.12. The zero-order valence-electron chi connectivity index (χ0n) is 9.31. The van der Waals surface area contributed by atoms with Gasteiger partial charge in [0.1, 0.15) is 0 Å². The van der Waals surface area contributed by atoms with Crippen LogP contribution in [0, 0.1) is 5.82 Å². The van der Waals surface area contributed by atoms with Gasteiger partial charge in [-0.25, -0.2) is 4.39 Å². The van der Waals surface area contributed by atoms with E-state index in [9.17, 15) is 9.18 Å². The third-order valence-electron chi connectivity index (χ3n) is 2.29. The van der Waals surface area contributed by atoms with E-state index in [2.05, 4.69) is 0 Å². The van der Waals surface area contributed by atoms with Crippen molar-refractivity contribution < 1.29 is 13.9 Å². The lowest BCUT2D eigenvalue weighted by Crippen LogP contribution is -2.03. The van der Waals surface area contributed by atoms with Crippen molar-refractivity contribution in [2.24, 2.45) is 0 Å². The molecule has 0 radical (unpaired) electrons. The zero-order valence-corrected chi connectivity index (χ0v) is 9.31. The lowest BCUT2D eigenvalue weighted by Gasteiger charge is -2.05. The van der Waals surface area contributed by atoms with Gasteiger partial charge in [0.2, 0.25) is 0 Å². The number of esters is 1. The molecule has 0 atom stereocenters. The maximum Gasteiger partial charge on any atom is 0.308 e. The molecule has 0 amide bonds. The largest absolute Gasteiger partial charge is 0.424 e. The minimum Gasteiger partial charge on any atom is -0.424 e. The van der Waals surface area contributed by atoms with Gasteiger partial charge < -0.3 is 4.74 Å². The third kappa shape index (κ3) is 2.69. The predicted molar refractivity (Wildman–Crippen MR) is 63.1 cm³/mol. The van der Waals surface area contributed by atoms with E-state index in [0.717, 1.165) is 11.1 Å². The fourth-order valence-corrected chi connectivity index (χ4v) is 1.55. The molecule has 0 heterocycles. The quantitative estimate of drug-likeness (QED) is 0.583. The summed E-state index contributed by atoms with van der Waals surface area (Å²) in [6.45, 7) is 1.24. The topological polar surface area (TPSA) is 26.3 Å². The van der Waals surface area contributed by atoms with Gasteiger partial charge in [-0.2, -0.15) is 0 Å². The fraction of sp³-hybridized carbons (Fsp3) is 0.0714. The van der Waals surface area contributed by atoms with Crippen LogP contribution in [0.2, 0.25) is 0 Å². The zero-order chi connectivity index (χ0) is 12.3. The summed E-state index contributed by atoms with van der Waals surface area (Å²) < 4.78 is 18.3. The summed E-state index contributed by atoms with van der Waals surface area (Å²) in [5.41, 5.74) is 1.67. The highest BCUT2D eigenvalue weighted by Crippen LogP contribution is 2.25. The smallest absolute Gasteiger partial charge is 0.308 e. The second-order valence-corrected chi connectivity index (χ2v) is 3.60. The summed E-state index contributed by atoms with van der Waals surface area (Å²) in [5, 5.41) is 0. The average Bonchev–Trinajstić information content (AvgIpc) is 2.32. The van der Waals surface area contributed by atoms with Crippen LogP contribution in [-0.4, -0.2) is 5.97 Å². The number of halogens is 1. The number of hydrogen-bond donors (Lipinski definition) is 0. The molecular formula is C14H11FO2. The van der Waals surface area contributed by atoms with Gasteiger partial charge in [0.05, 0.1) is 0 Å². The SMILES string of the molecule is CC(=O)Oc1ccc(-c2ccccc2)cc1F. The lowest BCUT2D eigenvalue weighted by molar-refractivity contribution is -0.132. The standard InChI is InChI=1S/C14H11FO2/c1-10(16)17-14-8-7-12(9-13(14)15)11-5-3-2-4-6-11/h2-9H,1H3. The van der Waals surface area contributed by atoms with E-state index >= 15 is 0 Å². The highest BCUT2D eigenvalue weighted by Gasteiger charge is 2.07. The highest BCUT2D eigenvalue weighted by atomic mass is 19.1. The summed E-state index contributed by atoms with van der Waals surface area (Å²) in [4.78, 5) is 10.7. The molecule has 0 aromatic heterocycles. The molecule has 0 aliphatic rings. The molecule has 0 bridgehead atoms. The Kier molecular flexibility index (Phi) is 3.19. The molecule has 0 spiro atoms. The Bertz CT molecular complexity index is 535. The first-order chi connectivity index (χ1) is 8.16. The van der Waals surface area contributed by atoms with E-state index in [1.165, 1.54) is 19.1 Å². The van der Waals surface area contributed by atoms with Crippen LogP contribution in [0.15, 0.2) is 48.5 Å². The van der Waals surface area contributed by atoms with Gasteiger partial charge in [0.25, 0.3) is 0 Å². The van der Waals surface area contributed by atoms with Gasteiger partial charge in [-0.15, -0.1) is 0 Å². The number of carbonyl (C=O) groups excluding carboxylic acids is 1. The Morgan fingerprint density at radius 2 is 1.76 bits per heavy atom. The molecule has 0 fully saturated rings. The Morgan fingerprint density at radius 3 is 2.35 bits per heavy atom. The van der Waals surface area contributed by atoms with E-state index in [1.807, 2.05) is 30.3 Å². The van der Waals surface area contributed by atoms with Gasteiger partial charge >= 0.3 is 5.97 Å². The second-order valence-electron chi connectivity index (χ2n) is 3.60. The van der Waals surface area contributed by atoms with Crippen LogP contribution in [0.4, 0.5) is 4.39 Å². The summed E-state index contributed by atoms with van der Waals surface area (Å²) in [7, 11) is 0. The maximum atomic E-state index is 13.6. The molecule has 2 rings (SSSR count). The first kappa shape index (κ1) is 11.3. The summed E-state index contributed by atoms with van der Waals surface area (Å²) in [6.07, 6.45) is 0. The highest BCUT2D eigenvalue weighted by molar-refractivity contribution is 5.70. The van der Waals surface area contributed by atoms with Crippen LogP contribution >= 0.6 is 0 Å². The van der Waals surface area contributed by atoms with Crippen molar-refractivity contribution in [3.05, 3.63) is 54.3 Å². The van der Waals surface area contributed by atoms with Crippen molar-refractivity contribution >= 4 is 5.97 Å². The van der Waals surface area contributed by atoms with Crippen LogP contribution in [0.5, 0.6) is 5.75 Å². The van der Waals surface area contributed by atoms with Crippen molar-refractivity contribution in [2.45, 2.75) is 6.92 Å². The van der Waals surface area contributed by atoms with Crippen molar-refractivity contribution in [2.75, 3.05) is 0 Å². The van der Waals surface area contributed by atoms with Gasteiger partial charge in [-0.05, 0) is 23.3 Å². The van der Waals surface area contributed by atoms with Crippen molar-refractivity contribution in [1.29, 1.82) is 0 Å². The predicted octanol–water partition coefficient (Wildman–Crippen LogP) is 3.42. The van der Waals surface area contributed by atoms with Crippen LogP contribution in [-0.2, 0) is 4.79 Å². The summed E-state index contributed by atoms with van der Waals surface area (Å²) in [6, 6.07) is 14.0. The lowest BCUT2D eigenvalue weighted by atomic mass is 10.1. The van der Waals surface area contributed by atoms with E-state index in [4.69, 9.17) is 4.74 Å². The van der Waals surface area contributed by atoms with Crippen LogP contribution in [0.1, 0.15) is 6.92 Å². The van der Waals surface area contributed by atoms with E-state index < -0.39 is 11.8 Å². The maximum absolute atomic E-state index is 13.6. The molecule has 0 aliphatic heterocycles. The van der Waals surface area contributed by atoms with Crippen molar-refractivity contribution in [1.82, 2.24) is 0 Å². The third-order valence-corrected chi connectivity index (χ3v) is 2.29. The molecule has 0 aliphatic carbocycles. The summed E-state index contributed by atoms with van der Waals surface area (Å²) >= 11 is 0. The normalized spacial score (nSPS) is 10.0. The monoisotopic (exact) mass is 230 g/mol. The average molecular weight is 230 g/mol. The molecule has 3 heteroatoms. The molecule has 2 aromatic rings. The minimum absolute atomic E-state index is 0.0443. The molecule has 0 saturated heterocycles. The van der Waals surface area contributed by atoms with Crippen LogP contribution in [0.25, 0.3) is 11.1 Å². The number of ether oxygens (including phenoxy) is 1. The van der Waals surface area contributed by atoms with E-state index in [-0.39, 0.29) is 5.75 Å². The number of carbonyl (C=O) groups is 1. The second kappa shape index (κ2) is 4.78. The first-order valence-electron chi connectivity index (χ1n) is 5.20. The van der Waals surface area contributed by atoms with Crippen molar-refractivity contribution in [3.8, 4) is 16.9 Å². The molecule has 0 N–H and O–H groups in total. The number of benzene rings is 2. The molecule has 86 valence electrons. The van der Waals surface area contributed by atoms with Gasteiger partial charge in [-0.3, -0.25) is 4.79 Å².